The minimum Gasteiger partial charge on any atom is -0.330 e. The van der Waals surface area contributed by atoms with Crippen LogP contribution in [0.5, 0.6) is 0 Å². The summed E-state index contributed by atoms with van der Waals surface area (Å²) in [6.45, 7) is 0.651. The molecule has 0 saturated heterocycles. The van der Waals surface area contributed by atoms with Gasteiger partial charge in [0.25, 0.3) is 0 Å². The lowest BCUT2D eigenvalue weighted by Gasteiger charge is -2.27. The number of ketones is 1. The first-order valence-corrected chi connectivity index (χ1v) is 13.5. The second-order valence-electron chi connectivity index (χ2n) is 10.3. The van der Waals surface area contributed by atoms with Gasteiger partial charge in [-0.1, -0.05) is 24.3 Å². The monoisotopic (exact) mass is 540 g/mol. The number of anilines is 1. The maximum Gasteiger partial charge on any atom is 0.344 e. The summed E-state index contributed by atoms with van der Waals surface area (Å²) in [7, 11) is 0. The lowest BCUT2D eigenvalue weighted by atomic mass is 9.77. The Morgan fingerprint density at radius 3 is 2.50 bits per heavy atom. The summed E-state index contributed by atoms with van der Waals surface area (Å²) in [5, 5.41) is 16.9. The fourth-order valence-electron chi connectivity index (χ4n) is 5.28. The maximum atomic E-state index is 13.6. The molecule has 1 amide bonds. The van der Waals surface area contributed by atoms with Crippen LogP contribution in [0.15, 0.2) is 65.7 Å². The molecule has 4 aromatic rings. The Morgan fingerprint density at radius 1 is 1.02 bits per heavy atom. The molecule has 1 atom stereocenters. The van der Waals surface area contributed by atoms with Crippen molar-refractivity contribution in [1.29, 1.82) is 0 Å². The van der Waals surface area contributed by atoms with Crippen LogP contribution in [0.4, 0.5) is 5.69 Å². The van der Waals surface area contributed by atoms with E-state index in [9.17, 15) is 14.4 Å². The number of nitrogens with one attached hydrogen (secondary N) is 3. The van der Waals surface area contributed by atoms with Crippen molar-refractivity contribution in [2.24, 2.45) is 23.5 Å². The standard InChI is InChI=1S/C29H32N8O3/c30-15-18-4-6-20(7-5-18)26(38)14-23(13-19-2-1-3-22(12-19)24-16-31-29(40)32-17-24)28(39)33-25-10-8-21(9-11-25)27-34-36-37-35-27/h1-3,8-12,16-18,20,23H,4-7,13-15,30H2,(H,33,39)(H,31,32,40)(H,34,35,36,37)/t18?,20?,23-/m1/s1. The Labute approximate surface area is 231 Å². The summed E-state index contributed by atoms with van der Waals surface area (Å²) in [5.41, 5.74) is 9.34. The van der Waals surface area contributed by atoms with E-state index < -0.39 is 11.6 Å². The van der Waals surface area contributed by atoms with Crippen LogP contribution in [0.3, 0.4) is 0 Å². The molecule has 11 nitrogen and oxygen atoms in total. The Bertz CT molecular complexity index is 1470. The van der Waals surface area contributed by atoms with Crippen LogP contribution in [0, 0.1) is 17.8 Å². The minimum absolute atomic E-state index is 0.0362. The van der Waals surface area contributed by atoms with Crippen molar-refractivity contribution >= 4 is 17.4 Å². The Hall–Kier alpha value is -4.51. The fraction of sp³-hybridized carbons (Fsp3) is 0.345. The average Bonchev–Trinajstić information content (AvgIpc) is 3.53. The molecule has 0 radical (unpaired) electrons. The fourth-order valence-corrected chi connectivity index (χ4v) is 5.28. The number of H-pyrrole nitrogens is 2. The van der Waals surface area contributed by atoms with Crippen molar-refractivity contribution < 1.29 is 9.59 Å². The normalized spacial score (nSPS) is 17.7. The van der Waals surface area contributed by atoms with Crippen molar-refractivity contribution in [2.75, 3.05) is 11.9 Å². The molecule has 0 bridgehead atoms. The molecule has 0 spiro atoms. The van der Waals surface area contributed by atoms with E-state index in [1.165, 1.54) is 6.20 Å². The quantitative estimate of drug-likeness (QED) is 0.237. The molecule has 0 aliphatic heterocycles. The van der Waals surface area contributed by atoms with Crippen LogP contribution in [0.2, 0.25) is 0 Å². The zero-order chi connectivity index (χ0) is 27.9. The van der Waals surface area contributed by atoms with Gasteiger partial charge in [0.05, 0.1) is 0 Å². The van der Waals surface area contributed by atoms with Crippen LogP contribution >= 0.6 is 0 Å². The van der Waals surface area contributed by atoms with E-state index in [0.29, 0.717) is 30.4 Å². The molecule has 1 aliphatic carbocycles. The van der Waals surface area contributed by atoms with Gasteiger partial charge in [0.2, 0.25) is 11.7 Å². The molecule has 0 unspecified atom stereocenters. The zero-order valence-electron chi connectivity index (χ0n) is 22.0. The highest BCUT2D eigenvalue weighted by molar-refractivity contribution is 5.96. The third-order valence-electron chi connectivity index (χ3n) is 7.62. The smallest absolute Gasteiger partial charge is 0.330 e. The molecule has 5 N–H and O–H groups in total. The number of Topliss-reactive ketones (excluding diaryl/α,β-unsaturated/α-hetero) is 1. The van der Waals surface area contributed by atoms with E-state index in [4.69, 9.17) is 5.73 Å². The van der Waals surface area contributed by atoms with Crippen molar-refractivity contribution in [3.8, 4) is 22.5 Å². The largest absolute Gasteiger partial charge is 0.344 e. The topological polar surface area (TPSA) is 172 Å². The van der Waals surface area contributed by atoms with Crippen LogP contribution in [-0.2, 0) is 16.0 Å². The molecule has 2 heterocycles. The highest BCUT2D eigenvalue weighted by Crippen LogP contribution is 2.31. The molecule has 2 aromatic carbocycles. The highest BCUT2D eigenvalue weighted by atomic mass is 16.2. The van der Waals surface area contributed by atoms with Gasteiger partial charge in [0.1, 0.15) is 5.78 Å². The molecule has 40 heavy (non-hydrogen) atoms. The van der Waals surface area contributed by atoms with E-state index in [1.54, 1.807) is 30.5 Å². The van der Waals surface area contributed by atoms with Crippen molar-refractivity contribution in [3.05, 3.63) is 77.0 Å². The molecule has 1 fully saturated rings. The SMILES string of the molecule is NCC1CCC(C(=O)C[C@@H](Cc2cccc(-c3cnc(=O)[nH]c3)c2)C(=O)Nc2ccc(-c3nn[nH]n3)cc2)CC1. The van der Waals surface area contributed by atoms with E-state index in [-0.39, 0.29) is 24.0 Å². The number of tetrazole rings is 1. The van der Waals surface area contributed by atoms with Crippen LogP contribution in [0.25, 0.3) is 22.5 Å². The Morgan fingerprint density at radius 2 is 1.82 bits per heavy atom. The zero-order valence-corrected chi connectivity index (χ0v) is 22.0. The number of carbonyl (C=O) groups excluding carboxylic acids is 2. The van der Waals surface area contributed by atoms with Gasteiger partial charge in [-0.2, -0.15) is 5.21 Å². The van der Waals surface area contributed by atoms with Crippen molar-refractivity contribution in [1.82, 2.24) is 30.6 Å². The molecule has 1 aliphatic rings. The van der Waals surface area contributed by atoms with Crippen molar-refractivity contribution in [2.45, 2.75) is 38.5 Å². The Balaban J connectivity index is 1.33. The number of rotatable bonds is 10. The van der Waals surface area contributed by atoms with Gasteiger partial charge in [0, 0.05) is 47.5 Å². The third-order valence-corrected chi connectivity index (χ3v) is 7.62. The first-order chi connectivity index (χ1) is 19.5. The van der Waals surface area contributed by atoms with E-state index in [2.05, 4.69) is 35.9 Å². The van der Waals surface area contributed by atoms with Crippen molar-refractivity contribution in [3.63, 3.8) is 0 Å². The van der Waals surface area contributed by atoms with Crippen LogP contribution in [-0.4, -0.2) is 48.8 Å². The number of hydrogen-bond donors (Lipinski definition) is 4. The summed E-state index contributed by atoms with van der Waals surface area (Å²) in [6, 6.07) is 14.9. The molecule has 5 rings (SSSR count). The molecule has 2 aromatic heterocycles. The molecule has 11 heteroatoms. The molecule has 206 valence electrons. The number of benzene rings is 2. The summed E-state index contributed by atoms with van der Waals surface area (Å²) in [4.78, 5) is 44.7. The maximum absolute atomic E-state index is 13.6. The predicted molar refractivity (Wildman–Crippen MR) is 150 cm³/mol. The second-order valence-corrected chi connectivity index (χ2v) is 10.3. The van der Waals surface area contributed by atoms with Gasteiger partial charge in [-0.3, -0.25) is 9.59 Å². The number of aromatic nitrogens is 6. The van der Waals surface area contributed by atoms with Gasteiger partial charge < -0.3 is 16.0 Å². The van der Waals surface area contributed by atoms with Gasteiger partial charge in [-0.05, 0) is 85.2 Å². The predicted octanol–water partition coefficient (Wildman–Crippen LogP) is 3.14. The van der Waals surface area contributed by atoms with Crippen LogP contribution < -0.4 is 16.7 Å². The number of nitrogens with zero attached hydrogens (tertiary/aromatic N) is 4. The first-order valence-electron chi connectivity index (χ1n) is 13.5. The molecule has 1 saturated carbocycles. The van der Waals surface area contributed by atoms with Gasteiger partial charge >= 0.3 is 5.69 Å². The average molecular weight is 541 g/mol. The second kappa shape index (κ2) is 12.6. The van der Waals surface area contributed by atoms with Crippen LogP contribution in [0.1, 0.15) is 37.7 Å². The third kappa shape index (κ3) is 6.73. The minimum atomic E-state index is -0.555. The first kappa shape index (κ1) is 27.1. The van der Waals surface area contributed by atoms with E-state index >= 15 is 0 Å². The lowest BCUT2D eigenvalue weighted by molar-refractivity contribution is -0.129. The van der Waals surface area contributed by atoms with E-state index in [0.717, 1.165) is 47.9 Å². The number of hydrogen-bond acceptors (Lipinski definition) is 8. The summed E-state index contributed by atoms with van der Waals surface area (Å²) in [5.74, 6) is 0.259. The number of amides is 1. The van der Waals surface area contributed by atoms with Gasteiger partial charge in [0.15, 0.2) is 0 Å². The van der Waals surface area contributed by atoms with E-state index in [1.807, 2.05) is 24.3 Å². The number of aromatic amines is 2. The number of nitrogens with two attached hydrogens (primary N) is 1. The highest BCUT2D eigenvalue weighted by Gasteiger charge is 2.30. The summed E-state index contributed by atoms with van der Waals surface area (Å²) in [6.07, 6.45) is 7.22. The summed E-state index contributed by atoms with van der Waals surface area (Å²) < 4.78 is 0. The summed E-state index contributed by atoms with van der Waals surface area (Å²) >= 11 is 0. The Kier molecular flexibility index (Phi) is 8.50. The van der Waals surface area contributed by atoms with Gasteiger partial charge in [-0.25, -0.2) is 9.78 Å². The molecular formula is C29H32N8O3. The van der Waals surface area contributed by atoms with Gasteiger partial charge in [-0.15, -0.1) is 10.2 Å². The molecular weight excluding hydrogens is 508 g/mol. The lowest BCUT2D eigenvalue weighted by Crippen LogP contribution is -2.31. The number of carbonyl (C=O) groups is 2.